The van der Waals surface area contributed by atoms with Crippen molar-refractivity contribution in [3.63, 3.8) is 0 Å². The summed E-state index contributed by atoms with van der Waals surface area (Å²) in [6.45, 7) is 0.639. The molecule has 0 unspecified atom stereocenters. The third kappa shape index (κ3) is 2.77. The van der Waals surface area contributed by atoms with Gasteiger partial charge in [0.15, 0.2) is 5.65 Å². The molecule has 0 aliphatic heterocycles. The molecule has 0 atom stereocenters. The molecule has 2 aromatic heterocycles. The number of halogens is 1. The molecule has 0 bridgehead atoms. The molecule has 0 fully saturated rings. The van der Waals surface area contributed by atoms with Gasteiger partial charge in [-0.05, 0) is 34.7 Å². The third-order valence-corrected chi connectivity index (χ3v) is 4.96. The summed E-state index contributed by atoms with van der Waals surface area (Å²) >= 11 is 6.28. The summed E-state index contributed by atoms with van der Waals surface area (Å²) in [7, 11) is 0. The maximum Gasteiger partial charge on any atom is 0.225 e. The number of aromatic hydroxyl groups is 1. The lowest BCUT2D eigenvalue weighted by Gasteiger charge is -2.09. The Hall–Kier alpha value is -3.44. The summed E-state index contributed by atoms with van der Waals surface area (Å²) in [4.78, 5) is 13.5. The van der Waals surface area contributed by atoms with Crippen LogP contribution in [0.2, 0.25) is 5.28 Å². The second-order valence-corrected chi connectivity index (χ2v) is 6.89. The van der Waals surface area contributed by atoms with Crippen molar-refractivity contribution in [2.45, 2.75) is 6.54 Å². The Morgan fingerprint density at radius 3 is 2.43 bits per heavy atom. The Balaban J connectivity index is 1.73. The van der Waals surface area contributed by atoms with Gasteiger partial charge in [0, 0.05) is 10.9 Å². The van der Waals surface area contributed by atoms with Crippen molar-refractivity contribution in [1.82, 2.24) is 19.5 Å². The minimum atomic E-state index is 0.162. The van der Waals surface area contributed by atoms with Gasteiger partial charge in [0.2, 0.25) is 5.28 Å². The molecule has 28 heavy (non-hydrogen) atoms. The first kappa shape index (κ1) is 16.7. The van der Waals surface area contributed by atoms with E-state index in [2.05, 4.69) is 27.1 Å². The van der Waals surface area contributed by atoms with E-state index in [-0.39, 0.29) is 11.0 Å². The van der Waals surface area contributed by atoms with Crippen LogP contribution in [0.4, 0.5) is 0 Å². The van der Waals surface area contributed by atoms with Crippen molar-refractivity contribution in [3.8, 4) is 17.0 Å². The van der Waals surface area contributed by atoms with Crippen LogP contribution in [0.1, 0.15) is 5.56 Å². The summed E-state index contributed by atoms with van der Waals surface area (Å²) in [5, 5.41) is 12.0. The van der Waals surface area contributed by atoms with Gasteiger partial charge in [-0.15, -0.1) is 0 Å². The lowest BCUT2D eigenvalue weighted by Crippen LogP contribution is -2.00. The summed E-state index contributed by atoms with van der Waals surface area (Å²) in [5.41, 5.74) is 4.01. The molecular formula is C22H15ClN4O. The number of phenols is 1. The fourth-order valence-electron chi connectivity index (χ4n) is 3.49. The normalized spacial score (nSPS) is 11.3. The van der Waals surface area contributed by atoms with Crippen molar-refractivity contribution in [2.75, 3.05) is 0 Å². The van der Waals surface area contributed by atoms with Crippen LogP contribution in [-0.2, 0) is 6.54 Å². The van der Waals surface area contributed by atoms with E-state index in [4.69, 9.17) is 11.6 Å². The van der Waals surface area contributed by atoms with Crippen LogP contribution in [0, 0.1) is 0 Å². The first-order valence-electron chi connectivity index (χ1n) is 8.84. The SMILES string of the molecule is Oc1ccc(-c2nc(Cl)nc3c2ncn3Cc2ccccc2)c2ccccc12. The molecular weight excluding hydrogens is 372 g/mol. The van der Waals surface area contributed by atoms with Gasteiger partial charge in [-0.3, -0.25) is 0 Å². The van der Waals surface area contributed by atoms with E-state index in [9.17, 15) is 5.11 Å². The van der Waals surface area contributed by atoms with Gasteiger partial charge >= 0.3 is 0 Å². The number of imidazole rings is 1. The first-order valence-corrected chi connectivity index (χ1v) is 9.22. The van der Waals surface area contributed by atoms with Crippen molar-refractivity contribution in [3.05, 3.63) is 83.9 Å². The summed E-state index contributed by atoms with van der Waals surface area (Å²) in [6.07, 6.45) is 1.76. The number of benzene rings is 3. The molecule has 0 radical (unpaired) electrons. The molecule has 5 nitrogen and oxygen atoms in total. The summed E-state index contributed by atoms with van der Waals surface area (Å²) in [5.74, 6) is 0.227. The number of hydrogen-bond acceptors (Lipinski definition) is 4. The minimum absolute atomic E-state index is 0.162. The Kier molecular flexibility index (Phi) is 3.95. The van der Waals surface area contributed by atoms with Gasteiger partial charge in [-0.1, -0.05) is 54.6 Å². The average molecular weight is 387 g/mol. The number of fused-ring (bicyclic) bond motifs is 2. The van der Waals surface area contributed by atoms with Crippen molar-refractivity contribution in [1.29, 1.82) is 0 Å². The zero-order valence-corrected chi connectivity index (χ0v) is 15.5. The van der Waals surface area contributed by atoms with Gasteiger partial charge in [0.1, 0.15) is 17.0 Å². The van der Waals surface area contributed by atoms with Gasteiger partial charge in [0.25, 0.3) is 0 Å². The highest BCUT2D eigenvalue weighted by molar-refractivity contribution is 6.28. The number of aromatic nitrogens is 4. The lowest BCUT2D eigenvalue weighted by atomic mass is 10.0. The van der Waals surface area contributed by atoms with E-state index in [1.54, 1.807) is 12.4 Å². The Bertz CT molecular complexity index is 1310. The smallest absolute Gasteiger partial charge is 0.225 e. The molecule has 1 N–H and O–H groups in total. The molecule has 0 saturated heterocycles. The van der Waals surface area contributed by atoms with Crippen molar-refractivity contribution >= 4 is 33.5 Å². The zero-order chi connectivity index (χ0) is 19.1. The molecule has 3 aromatic carbocycles. The third-order valence-electron chi connectivity index (χ3n) is 4.79. The fourth-order valence-corrected chi connectivity index (χ4v) is 3.66. The van der Waals surface area contributed by atoms with Gasteiger partial charge in [0.05, 0.1) is 12.9 Å². The van der Waals surface area contributed by atoms with E-state index in [1.165, 1.54) is 0 Å². The molecule has 0 spiro atoms. The minimum Gasteiger partial charge on any atom is -0.507 e. The van der Waals surface area contributed by atoms with Crippen molar-refractivity contribution in [2.24, 2.45) is 0 Å². The molecule has 2 heterocycles. The Labute approximate surface area is 165 Å². The molecule has 5 rings (SSSR count). The van der Waals surface area contributed by atoms with Crippen LogP contribution in [0.3, 0.4) is 0 Å². The van der Waals surface area contributed by atoms with Crippen LogP contribution in [-0.4, -0.2) is 24.6 Å². The fraction of sp³-hybridized carbons (Fsp3) is 0.0455. The number of rotatable bonds is 3. The van der Waals surface area contributed by atoms with Gasteiger partial charge < -0.3 is 9.67 Å². The predicted molar refractivity (Wildman–Crippen MR) is 110 cm³/mol. The second kappa shape index (κ2) is 6.62. The van der Waals surface area contributed by atoms with E-state index in [0.717, 1.165) is 21.9 Å². The Morgan fingerprint density at radius 1 is 0.857 bits per heavy atom. The molecule has 0 saturated carbocycles. The van der Waals surface area contributed by atoms with Crippen LogP contribution in [0.15, 0.2) is 73.1 Å². The monoisotopic (exact) mass is 386 g/mol. The lowest BCUT2D eigenvalue weighted by molar-refractivity contribution is 0.481. The molecule has 0 aliphatic carbocycles. The number of nitrogens with zero attached hydrogens (tertiary/aromatic N) is 4. The number of hydrogen-bond donors (Lipinski definition) is 1. The molecule has 136 valence electrons. The maximum absolute atomic E-state index is 10.2. The van der Waals surface area contributed by atoms with E-state index in [1.807, 2.05) is 53.1 Å². The standard InChI is InChI=1S/C22H15ClN4O/c23-22-25-19(17-10-11-18(28)16-9-5-4-8-15(16)17)20-21(26-22)27(13-24-20)12-14-6-2-1-3-7-14/h1-11,13,28H,12H2. The number of phenolic OH excluding ortho intramolecular Hbond substituents is 1. The maximum atomic E-state index is 10.2. The molecule has 0 aliphatic rings. The molecule has 0 amide bonds. The highest BCUT2D eigenvalue weighted by atomic mass is 35.5. The predicted octanol–water partition coefficient (Wildman–Crippen LogP) is 5.05. The van der Waals surface area contributed by atoms with Crippen LogP contribution >= 0.6 is 11.6 Å². The summed E-state index contributed by atoms with van der Waals surface area (Å²) < 4.78 is 1.96. The Morgan fingerprint density at radius 2 is 1.61 bits per heavy atom. The van der Waals surface area contributed by atoms with Crippen LogP contribution in [0.25, 0.3) is 33.2 Å². The van der Waals surface area contributed by atoms with Crippen LogP contribution < -0.4 is 0 Å². The van der Waals surface area contributed by atoms with Crippen LogP contribution in [0.5, 0.6) is 5.75 Å². The highest BCUT2D eigenvalue weighted by Gasteiger charge is 2.17. The summed E-state index contributed by atoms with van der Waals surface area (Å²) in [6, 6.07) is 21.3. The van der Waals surface area contributed by atoms with E-state index in [0.29, 0.717) is 23.4 Å². The first-order chi connectivity index (χ1) is 13.7. The molecule has 5 aromatic rings. The van der Waals surface area contributed by atoms with Gasteiger partial charge in [-0.25, -0.2) is 9.97 Å². The van der Waals surface area contributed by atoms with E-state index < -0.39 is 0 Å². The van der Waals surface area contributed by atoms with Gasteiger partial charge in [-0.2, -0.15) is 4.98 Å². The van der Waals surface area contributed by atoms with E-state index >= 15 is 0 Å². The second-order valence-electron chi connectivity index (χ2n) is 6.55. The average Bonchev–Trinajstić information content (AvgIpc) is 3.11. The van der Waals surface area contributed by atoms with Crippen molar-refractivity contribution < 1.29 is 5.11 Å². The topological polar surface area (TPSA) is 63.8 Å². The largest absolute Gasteiger partial charge is 0.507 e. The quantitative estimate of drug-likeness (QED) is 0.440. The zero-order valence-electron chi connectivity index (χ0n) is 14.7. The molecule has 6 heteroatoms. The highest BCUT2D eigenvalue weighted by Crippen LogP contribution is 2.35.